The average molecular weight is 563 g/mol. The van der Waals surface area contributed by atoms with Crippen LogP contribution in [0.1, 0.15) is 35.3 Å². The second kappa shape index (κ2) is 11.5. The van der Waals surface area contributed by atoms with Crippen molar-refractivity contribution < 1.29 is 37.0 Å². The first-order valence-corrected chi connectivity index (χ1v) is 13.5. The maximum absolute atomic E-state index is 15.0. The van der Waals surface area contributed by atoms with Crippen LogP contribution in [0.25, 0.3) is 11.1 Å². The number of ketones is 1. The topological polar surface area (TPSA) is 143 Å². The van der Waals surface area contributed by atoms with Crippen LogP contribution in [0.4, 0.5) is 13.6 Å². The van der Waals surface area contributed by atoms with E-state index in [9.17, 15) is 36.7 Å². The first-order chi connectivity index (χ1) is 18.2. The molecule has 1 amide bonds. The third-order valence-electron chi connectivity index (χ3n) is 6.41. The van der Waals surface area contributed by atoms with Gasteiger partial charge in [0.15, 0.2) is 15.6 Å². The fraction of sp³-hybridized carbons (Fsp3) is 0.296. The molecule has 0 radical (unpaired) electrons. The zero-order chi connectivity index (χ0) is 29.1. The molecule has 0 saturated carbocycles. The number of carboxylic acid groups (broad SMARTS) is 1. The molecular weight excluding hydrogens is 534 g/mol. The SMILES string of the molecule is Cn1cc(-c2cc(CCS(=O)(=O)C(CO)C(C)(C)NC(=O)O)ccc2C(=O)c2ccc(F)cc2)c(F)cc1=O. The van der Waals surface area contributed by atoms with Crippen molar-refractivity contribution in [1.29, 1.82) is 0 Å². The number of pyridine rings is 1. The summed E-state index contributed by atoms with van der Waals surface area (Å²) in [5.74, 6) is -2.46. The highest BCUT2D eigenvalue weighted by Gasteiger charge is 2.40. The van der Waals surface area contributed by atoms with Crippen molar-refractivity contribution in [2.75, 3.05) is 12.4 Å². The maximum Gasteiger partial charge on any atom is 0.405 e. The first-order valence-electron chi connectivity index (χ1n) is 11.8. The Hall–Kier alpha value is -3.90. The molecule has 0 spiro atoms. The van der Waals surface area contributed by atoms with Gasteiger partial charge in [-0.25, -0.2) is 22.0 Å². The smallest absolute Gasteiger partial charge is 0.405 e. The third kappa shape index (κ3) is 6.76. The first kappa shape index (κ1) is 29.7. The minimum atomic E-state index is -4.04. The van der Waals surface area contributed by atoms with Gasteiger partial charge in [-0.2, -0.15) is 0 Å². The Morgan fingerprint density at radius 2 is 1.69 bits per heavy atom. The van der Waals surface area contributed by atoms with Gasteiger partial charge < -0.3 is 20.1 Å². The number of aryl methyl sites for hydroxylation is 2. The van der Waals surface area contributed by atoms with E-state index in [2.05, 4.69) is 5.32 Å². The molecule has 0 saturated heterocycles. The summed E-state index contributed by atoms with van der Waals surface area (Å²) in [6.45, 7) is 1.86. The number of sulfone groups is 1. The Bertz CT molecular complexity index is 1570. The molecule has 0 bridgehead atoms. The number of aliphatic hydroxyl groups excluding tert-OH is 1. The van der Waals surface area contributed by atoms with E-state index < -0.39 is 62.1 Å². The fourth-order valence-electron chi connectivity index (χ4n) is 4.28. The molecule has 3 aromatic rings. The number of rotatable bonds is 10. The highest BCUT2D eigenvalue weighted by Crippen LogP contribution is 2.29. The molecule has 208 valence electrons. The van der Waals surface area contributed by atoms with E-state index in [-0.39, 0.29) is 28.7 Å². The highest BCUT2D eigenvalue weighted by molar-refractivity contribution is 7.92. The van der Waals surface area contributed by atoms with Gasteiger partial charge in [0, 0.05) is 36.0 Å². The van der Waals surface area contributed by atoms with Crippen molar-refractivity contribution in [3.05, 3.63) is 93.4 Å². The molecule has 2 aromatic carbocycles. The number of aromatic nitrogens is 1. The van der Waals surface area contributed by atoms with Gasteiger partial charge in [0.2, 0.25) is 0 Å². The summed E-state index contributed by atoms with van der Waals surface area (Å²) >= 11 is 0. The van der Waals surface area contributed by atoms with Gasteiger partial charge in [-0.1, -0.05) is 18.2 Å². The summed E-state index contributed by atoms with van der Waals surface area (Å²) in [4.78, 5) is 36.3. The molecule has 9 nitrogen and oxygen atoms in total. The zero-order valence-corrected chi connectivity index (χ0v) is 22.3. The van der Waals surface area contributed by atoms with Crippen LogP contribution in [0.15, 0.2) is 59.5 Å². The number of halogens is 2. The molecule has 0 aliphatic carbocycles. The normalized spacial score (nSPS) is 12.7. The summed E-state index contributed by atoms with van der Waals surface area (Å²) in [5, 5.41) is 19.5. The molecule has 0 aliphatic heterocycles. The molecule has 1 aromatic heterocycles. The van der Waals surface area contributed by atoms with E-state index in [0.717, 1.165) is 22.8 Å². The van der Waals surface area contributed by atoms with Crippen LogP contribution < -0.4 is 10.9 Å². The van der Waals surface area contributed by atoms with Gasteiger partial charge in [0.05, 0.1) is 17.9 Å². The second-order valence-corrected chi connectivity index (χ2v) is 11.9. The monoisotopic (exact) mass is 562 g/mol. The number of amides is 1. The van der Waals surface area contributed by atoms with Gasteiger partial charge in [-0.15, -0.1) is 0 Å². The van der Waals surface area contributed by atoms with E-state index in [1.807, 2.05) is 0 Å². The van der Waals surface area contributed by atoms with Crippen LogP contribution in [-0.4, -0.2) is 58.2 Å². The van der Waals surface area contributed by atoms with Crippen molar-refractivity contribution in [2.45, 2.75) is 31.1 Å². The standard InChI is InChI=1S/C27H28F2N2O7S/c1-27(2,30-26(35)36)23(15-32)39(37,38)11-10-16-4-9-19(25(34)17-5-7-18(28)8-6-17)20(12-16)21-14-31(3)24(33)13-22(21)29/h4-9,12-14,23,30,32H,10-11,15H2,1-3H3,(H,35,36). The van der Waals surface area contributed by atoms with E-state index >= 15 is 0 Å². The molecule has 1 heterocycles. The van der Waals surface area contributed by atoms with Crippen molar-refractivity contribution in [3.63, 3.8) is 0 Å². The van der Waals surface area contributed by atoms with Crippen LogP contribution in [0, 0.1) is 11.6 Å². The predicted molar refractivity (Wildman–Crippen MR) is 141 cm³/mol. The minimum Gasteiger partial charge on any atom is -0.465 e. The summed E-state index contributed by atoms with van der Waals surface area (Å²) in [5.41, 5.74) is -1.50. The van der Waals surface area contributed by atoms with E-state index in [0.29, 0.717) is 5.56 Å². The van der Waals surface area contributed by atoms with Crippen LogP contribution in [0.3, 0.4) is 0 Å². The Labute approximate surface area is 223 Å². The lowest BCUT2D eigenvalue weighted by atomic mass is 9.92. The number of nitrogens with zero attached hydrogens (tertiary/aromatic N) is 1. The molecular formula is C27H28F2N2O7S. The Balaban J connectivity index is 2.04. The summed E-state index contributed by atoms with van der Waals surface area (Å²) in [6, 6.07) is 9.86. The summed E-state index contributed by atoms with van der Waals surface area (Å²) in [6.07, 6.45) is -0.330. The quantitative estimate of drug-likeness (QED) is 0.323. The Morgan fingerprint density at radius 1 is 1.05 bits per heavy atom. The Kier molecular flexibility index (Phi) is 8.71. The number of nitrogens with one attached hydrogen (secondary N) is 1. The molecule has 0 fully saturated rings. The predicted octanol–water partition coefficient (Wildman–Crippen LogP) is 2.93. The van der Waals surface area contributed by atoms with Gasteiger partial charge in [0.25, 0.3) is 5.56 Å². The fourth-order valence-corrected chi connectivity index (χ4v) is 6.27. The minimum absolute atomic E-state index is 0.0470. The van der Waals surface area contributed by atoms with E-state index in [1.54, 1.807) is 0 Å². The summed E-state index contributed by atoms with van der Waals surface area (Å²) < 4.78 is 55.6. The van der Waals surface area contributed by atoms with Crippen LogP contribution in [0.2, 0.25) is 0 Å². The maximum atomic E-state index is 15.0. The molecule has 39 heavy (non-hydrogen) atoms. The lowest BCUT2D eigenvalue weighted by Gasteiger charge is -2.32. The lowest BCUT2D eigenvalue weighted by Crippen LogP contribution is -2.56. The van der Waals surface area contributed by atoms with E-state index in [4.69, 9.17) is 5.11 Å². The van der Waals surface area contributed by atoms with Gasteiger partial charge in [-0.05, 0) is 55.7 Å². The number of carbonyl (C=O) groups excluding carboxylic acids is 1. The number of carbonyl (C=O) groups is 2. The third-order valence-corrected chi connectivity index (χ3v) is 8.79. The molecule has 1 atom stereocenters. The highest BCUT2D eigenvalue weighted by atomic mass is 32.2. The van der Waals surface area contributed by atoms with Crippen molar-refractivity contribution in [1.82, 2.24) is 9.88 Å². The van der Waals surface area contributed by atoms with Crippen LogP contribution in [-0.2, 0) is 23.3 Å². The Morgan fingerprint density at radius 3 is 2.28 bits per heavy atom. The molecule has 0 aliphatic rings. The van der Waals surface area contributed by atoms with Crippen LogP contribution in [0.5, 0.6) is 0 Å². The zero-order valence-electron chi connectivity index (χ0n) is 21.4. The largest absolute Gasteiger partial charge is 0.465 e. The summed E-state index contributed by atoms with van der Waals surface area (Å²) in [7, 11) is -2.64. The number of hydrogen-bond donors (Lipinski definition) is 3. The molecule has 12 heteroatoms. The van der Waals surface area contributed by atoms with Crippen molar-refractivity contribution >= 4 is 21.7 Å². The second-order valence-electron chi connectivity index (χ2n) is 9.64. The molecule has 3 rings (SSSR count). The average Bonchev–Trinajstić information content (AvgIpc) is 2.84. The van der Waals surface area contributed by atoms with Crippen molar-refractivity contribution in [2.24, 2.45) is 7.05 Å². The molecule has 3 N–H and O–H groups in total. The number of hydrogen-bond acceptors (Lipinski definition) is 6. The lowest BCUT2D eigenvalue weighted by molar-refractivity contribution is 0.103. The van der Waals surface area contributed by atoms with E-state index in [1.165, 1.54) is 57.4 Å². The van der Waals surface area contributed by atoms with Crippen molar-refractivity contribution in [3.8, 4) is 11.1 Å². The van der Waals surface area contributed by atoms with Gasteiger partial charge in [0.1, 0.15) is 16.9 Å². The van der Waals surface area contributed by atoms with Crippen LogP contribution >= 0.6 is 0 Å². The number of aliphatic hydroxyl groups is 1. The molecule has 1 unspecified atom stereocenters. The number of benzene rings is 2. The van der Waals surface area contributed by atoms with Gasteiger partial charge in [-0.3, -0.25) is 9.59 Å². The van der Waals surface area contributed by atoms with Gasteiger partial charge >= 0.3 is 6.09 Å².